The molecule has 0 spiro atoms. The lowest BCUT2D eigenvalue weighted by molar-refractivity contribution is 0.355. The van der Waals surface area contributed by atoms with Crippen LogP contribution >= 0.6 is 0 Å². The van der Waals surface area contributed by atoms with Crippen LogP contribution in [0, 0.1) is 0 Å². The second kappa shape index (κ2) is 8.23. The molecule has 0 bridgehead atoms. The Morgan fingerprint density at radius 2 is 1.52 bits per heavy atom. The third kappa shape index (κ3) is 3.87. The van der Waals surface area contributed by atoms with Crippen LogP contribution in [0.1, 0.15) is 5.56 Å². The summed E-state index contributed by atoms with van der Waals surface area (Å²) in [7, 11) is 5.37. The van der Waals surface area contributed by atoms with E-state index in [4.69, 9.17) is 13.9 Å². The second-order valence-corrected chi connectivity index (χ2v) is 6.90. The van der Waals surface area contributed by atoms with Gasteiger partial charge in [0.15, 0.2) is 18.0 Å². The first-order chi connectivity index (χ1) is 14.2. The van der Waals surface area contributed by atoms with Crippen molar-refractivity contribution in [2.75, 3.05) is 21.3 Å². The number of fused-ring (bicyclic) bond motifs is 1. The van der Waals surface area contributed by atoms with Crippen molar-refractivity contribution in [3.05, 3.63) is 89.8 Å². The topological polar surface area (TPSA) is 34.6 Å². The van der Waals surface area contributed by atoms with Crippen molar-refractivity contribution >= 4 is 11.0 Å². The monoisotopic (exact) mass is 386 g/mol. The Hall–Kier alpha value is -3.53. The van der Waals surface area contributed by atoms with Crippen LogP contribution in [-0.4, -0.2) is 21.3 Å². The molecule has 0 atom stereocenters. The summed E-state index contributed by atoms with van der Waals surface area (Å²) in [5.74, 6) is 2.14. The second-order valence-electron chi connectivity index (χ2n) is 6.90. The van der Waals surface area contributed by atoms with Crippen molar-refractivity contribution < 1.29 is 13.9 Å². The van der Waals surface area contributed by atoms with Gasteiger partial charge >= 0.3 is 0 Å². The summed E-state index contributed by atoms with van der Waals surface area (Å²) in [4.78, 5) is 0. The predicted molar refractivity (Wildman–Crippen MR) is 116 cm³/mol. The molecule has 0 fully saturated rings. The Balaban J connectivity index is 1.91. The highest BCUT2D eigenvalue weighted by Gasteiger charge is 2.13. The van der Waals surface area contributed by atoms with E-state index in [0.29, 0.717) is 11.5 Å². The first-order valence-electron chi connectivity index (χ1n) is 9.53. The highest BCUT2D eigenvalue weighted by atomic mass is 16.5. The molecule has 4 rings (SSSR count). The van der Waals surface area contributed by atoms with E-state index in [0.717, 1.165) is 34.2 Å². The average Bonchev–Trinajstić information content (AvgIpc) is 2.78. The van der Waals surface area contributed by atoms with Crippen molar-refractivity contribution in [3.63, 3.8) is 0 Å². The van der Waals surface area contributed by atoms with Crippen LogP contribution in [0.2, 0.25) is 0 Å². The molecule has 1 heterocycles. The van der Waals surface area contributed by atoms with E-state index in [1.54, 1.807) is 14.2 Å². The molecular formula is C25H24NO3+. The van der Waals surface area contributed by atoms with Crippen LogP contribution < -0.4 is 19.4 Å². The van der Waals surface area contributed by atoms with Crippen molar-refractivity contribution in [2.24, 2.45) is 0 Å². The lowest BCUT2D eigenvalue weighted by Gasteiger charge is -2.10. The smallest absolute Gasteiger partial charge is 0.214 e. The highest BCUT2D eigenvalue weighted by molar-refractivity contribution is 5.78. The number of rotatable bonds is 5. The molecule has 0 amide bonds. The van der Waals surface area contributed by atoms with Gasteiger partial charge < -0.3 is 13.9 Å². The van der Waals surface area contributed by atoms with Gasteiger partial charge in [-0.2, -0.15) is 0 Å². The molecule has 1 aromatic heterocycles. The number of benzene rings is 3. The molecule has 3 aromatic carbocycles. The Morgan fingerprint density at radius 3 is 2.28 bits per heavy atom. The van der Waals surface area contributed by atoms with E-state index in [1.165, 1.54) is 5.56 Å². The molecule has 0 unspecified atom stereocenters. The Labute approximate surface area is 170 Å². The van der Waals surface area contributed by atoms with Gasteiger partial charge in [0.25, 0.3) is 0 Å². The molecule has 0 saturated heterocycles. The first-order valence-corrected chi connectivity index (χ1v) is 9.53. The van der Waals surface area contributed by atoms with Gasteiger partial charge in [0.2, 0.25) is 5.36 Å². The fraction of sp³-hybridized carbons (Fsp3) is 0.160. The van der Waals surface area contributed by atoms with Crippen molar-refractivity contribution in [1.29, 1.82) is 0 Å². The molecule has 0 aliphatic rings. The fourth-order valence-corrected chi connectivity index (χ4v) is 3.51. The van der Waals surface area contributed by atoms with Gasteiger partial charge in [-0.1, -0.05) is 42.5 Å². The van der Waals surface area contributed by atoms with Gasteiger partial charge in [-0.25, -0.2) is 4.58 Å². The van der Waals surface area contributed by atoms with Crippen molar-refractivity contribution in [3.8, 4) is 22.8 Å². The Bertz CT molecular complexity index is 1210. The zero-order chi connectivity index (χ0) is 20.2. The van der Waals surface area contributed by atoms with Crippen LogP contribution in [0.15, 0.2) is 83.3 Å². The lowest BCUT2D eigenvalue weighted by atomic mass is 10.1. The van der Waals surface area contributed by atoms with Gasteiger partial charge in [-0.05, 0) is 30.3 Å². The molecule has 0 radical (unpaired) electrons. The van der Waals surface area contributed by atoms with Gasteiger partial charge in [0.05, 0.1) is 25.7 Å². The molecule has 29 heavy (non-hydrogen) atoms. The molecule has 4 nitrogen and oxygen atoms in total. The van der Waals surface area contributed by atoms with Gasteiger partial charge in [0.1, 0.15) is 18.4 Å². The number of methoxy groups -OCH3 is 2. The van der Waals surface area contributed by atoms with E-state index < -0.39 is 0 Å². The lowest BCUT2D eigenvalue weighted by Crippen LogP contribution is -2.26. The molecular weight excluding hydrogens is 362 g/mol. The Kier molecular flexibility index (Phi) is 5.34. The predicted octanol–water partition coefficient (Wildman–Crippen LogP) is 4.72. The Morgan fingerprint density at radius 1 is 0.793 bits per heavy atom. The van der Waals surface area contributed by atoms with Crippen LogP contribution in [0.3, 0.4) is 0 Å². The molecule has 4 aromatic rings. The molecule has 0 N–H and O–H groups in total. The third-order valence-electron chi connectivity index (χ3n) is 4.99. The minimum Gasteiger partial charge on any atom is -0.493 e. The number of nitrogens with zero attached hydrogens (tertiary/aromatic N) is 1. The molecule has 0 aliphatic carbocycles. The van der Waals surface area contributed by atoms with Crippen molar-refractivity contribution in [1.82, 2.24) is 4.58 Å². The van der Waals surface area contributed by atoms with Crippen LogP contribution in [0.5, 0.6) is 11.5 Å². The molecule has 146 valence electrons. The minimum atomic E-state index is 0.674. The zero-order valence-corrected chi connectivity index (χ0v) is 16.9. The summed E-state index contributed by atoms with van der Waals surface area (Å²) >= 11 is 0. The molecule has 0 aliphatic heterocycles. The summed E-state index contributed by atoms with van der Waals surface area (Å²) in [5, 5.41) is 2.19. The summed E-state index contributed by atoms with van der Waals surface area (Å²) in [6, 6.07) is 26.5. The number of ether oxygens (including phenoxy) is 2. The van der Waals surface area contributed by atoms with Gasteiger partial charge in [-0.3, -0.25) is 0 Å². The standard InChI is InChI=1S/C25H24NO3/c1-26(17-18-9-5-4-6-10-18)21-16-24(29-22-12-8-7-11-20(21)22)19-13-14-23(27-2)25(15-19)28-3/h4-16H,17H2,1-3H3/q+1. The first kappa shape index (κ1) is 18.8. The van der Waals surface area contributed by atoms with E-state index in [9.17, 15) is 0 Å². The van der Waals surface area contributed by atoms with Crippen LogP contribution in [0.4, 0.5) is 0 Å². The highest BCUT2D eigenvalue weighted by Crippen LogP contribution is 2.32. The molecule has 4 heteroatoms. The summed E-state index contributed by atoms with van der Waals surface area (Å²) in [5.41, 5.74) is 3.03. The third-order valence-corrected chi connectivity index (χ3v) is 4.99. The zero-order valence-electron chi connectivity index (χ0n) is 16.9. The normalized spacial score (nSPS) is 12.0. The minimum absolute atomic E-state index is 0.674. The number of hydrogen-bond donors (Lipinski definition) is 0. The van der Waals surface area contributed by atoms with Gasteiger partial charge in [-0.15, -0.1) is 0 Å². The maximum atomic E-state index is 6.24. The van der Waals surface area contributed by atoms with Gasteiger partial charge in [0, 0.05) is 11.1 Å². The number of para-hydroxylation sites is 1. The summed E-state index contributed by atoms with van der Waals surface area (Å²) < 4.78 is 19.3. The summed E-state index contributed by atoms with van der Waals surface area (Å²) in [6.45, 7) is 0.806. The van der Waals surface area contributed by atoms with Crippen LogP contribution in [0.25, 0.3) is 22.3 Å². The SMILES string of the molecule is COc1ccc(-c2cc(=[N+](C)Cc3ccccc3)c3ccccc3o2)cc1OC. The fourth-order valence-electron chi connectivity index (χ4n) is 3.51. The van der Waals surface area contributed by atoms with E-state index in [2.05, 4.69) is 48.0 Å². The largest absolute Gasteiger partial charge is 0.493 e. The van der Waals surface area contributed by atoms with Crippen LogP contribution in [-0.2, 0) is 6.54 Å². The summed E-state index contributed by atoms with van der Waals surface area (Å²) in [6.07, 6.45) is 0. The average molecular weight is 386 g/mol. The van der Waals surface area contributed by atoms with Crippen molar-refractivity contribution in [2.45, 2.75) is 6.54 Å². The maximum absolute atomic E-state index is 6.24. The number of hydrogen-bond acceptors (Lipinski definition) is 3. The maximum Gasteiger partial charge on any atom is 0.214 e. The molecule has 0 saturated carbocycles. The van der Waals surface area contributed by atoms with E-state index in [1.807, 2.05) is 42.5 Å². The van der Waals surface area contributed by atoms with E-state index >= 15 is 0 Å². The quantitative estimate of drug-likeness (QED) is 0.466. The van der Waals surface area contributed by atoms with E-state index in [-0.39, 0.29) is 0 Å².